The summed E-state index contributed by atoms with van der Waals surface area (Å²) in [4.78, 5) is 0. The second-order valence-corrected chi connectivity index (χ2v) is 5.49. The highest BCUT2D eigenvalue weighted by atomic mass is 15.0. The zero-order valence-electron chi connectivity index (χ0n) is 11.6. The van der Waals surface area contributed by atoms with Crippen molar-refractivity contribution in [3.63, 3.8) is 0 Å². The lowest BCUT2D eigenvalue weighted by atomic mass is 10.0. The second kappa shape index (κ2) is 4.38. The minimum atomic E-state index is 1.14. The number of aryl methyl sites for hydroxylation is 2. The van der Waals surface area contributed by atoms with Crippen molar-refractivity contribution in [2.75, 3.05) is 0 Å². The Labute approximate surface area is 119 Å². The largest absolute Gasteiger partial charge is 0.310 e. The maximum absolute atomic E-state index is 2.39. The predicted molar refractivity (Wildman–Crippen MR) is 85.4 cm³/mol. The van der Waals surface area contributed by atoms with Crippen LogP contribution in [0.1, 0.15) is 23.2 Å². The Bertz CT molecular complexity index is 804. The number of hydrogen-bond acceptors (Lipinski definition) is 0. The Morgan fingerprint density at radius 1 is 0.950 bits per heavy atom. The smallest absolute Gasteiger partial charge is 0.0537 e. The van der Waals surface area contributed by atoms with Gasteiger partial charge < -0.3 is 4.57 Å². The fourth-order valence-electron chi connectivity index (χ4n) is 3.16. The van der Waals surface area contributed by atoms with Gasteiger partial charge in [-0.2, -0.15) is 0 Å². The summed E-state index contributed by atoms with van der Waals surface area (Å²) in [5, 5.41) is 1.40. The van der Waals surface area contributed by atoms with Gasteiger partial charge in [0.1, 0.15) is 0 Å². The van der Waals surface area contributed by atoms with Crippen LogP contribution in [0.25, 0.3) is 22.7 Å². The average molecular weight is 259 g/mol. The van der Waals surface area contributed by atoms with Crippen LogP contribution in [0.3, 0.4) is 0 Å². The quantitative estimate of drug-likeness (QED) is 0.586. The molecule has 1 heterocycles. The van der Waals surface area contributed by atoms with Crippen LogP contribution in [0.5, 0.6) is 0 Å². The van der Waals surface area contributed by atoms with Crippen LogP contribution < -0.4 is 0 Å². The van der Waals surface area contributed by atoms with E-state index < -0.39 is 0 Å². The van der Waals surface area contributed by atoms with E-state index in [0.29, 0.717) is 0 Å². The molecule has 0 radical (unpaired) electrons. The fraction of sp³-hybridized carbons (Fsp3) is 0.158. The fourth-order valence-corrected chi connectivity index (χ4v) is 3.16. The molecule has 1 heteroatoms. The monoisotopic (exact) mass is 259 g/mol. The summed E-state index contributed by atoms with van der Waals surface area (Å²) in [6.45, 7) is 2.13. The SMILES string of the molecule is Cc1ccc(-n2c3c(c4ccccc42)CCC=C3)cc1. The zero-order chi connectivity index (χ0) is 13.5. The van der Waals surface area contributed by atoms with Crippen LogP contribution in [0, 0.1) is 6.92 Å². The van der Waals surface area contributed by atoms with E-state index in [1.165, 1.54) is 33.4 Å². The molecule has 1 aliphatic rings. The third-order valence-corrected chi connectivity index (χ3v) is 4.15. The van der Waals surface area contributed by atoms with Crippen molar-refractivity contribution in [1.82, 2.24) is 4.57 Å². The summed E-state index contributed by atoms with van der Waals surface area (Å²) < 4.78 is 2.39. The Hall–Kier alpha value is -2.28. The van der Waals surface area contributed by atoms with Gasteiger partial charge in [-0.25, -0.2) is 0 Å². The van der Waals surface area contributed by atoms with E-state index in [9.17, 15) is 0 Å². The molecule has 0 atom stereocenters. The van der Waals surface area contributed by atoms with E-state index in [1.807, 2.05) is 0 Å². The van der Waals surface area contributed by atoms with Crippen LogP contribution in [-0.4, -0.2) is 4.57 Å². The number of aromatic nitrogens is 1. The molecule has 0 spiro atoms. The van der Waals surface area contributed by atoms with Crippen molar-refractivity contribution in [1.29, 1.82) is 0 Å². The Balaban J connectivity index is 2.08. The van der Waals surface area contributed by atoms with Gasteiger partial charge >= 0.3 is 0 Å². The summed E-state index contributed by atoms with van der Waals surface area (Å²) in [7, 11) is 0. The molecule has 4 rings (SSSR count). The Morgan fingerprint density at radius 2 is 1.75 bits per heavy atom. The van der Waals surface area contributed by atoms with Gasteiger partial charge in [0.15, 0.2) is 0 Å². The molecule has 20 heavy (non-hydrogen) atoms. The van der Waals surface area contributed by atoms with Crippen molar-refractivity contribution in [3.05, 3.63) is 71.4 Å². The van der Waals surface area contributed by atoms with Crippen molar-refractivity contribution in [2.24, 2.45) is 0 Å². The molecule has 0 saturated carbocycles. The van der Waals surface area contributed by atoms with Crippen molar-refractivity contribution in [2.45, 2.75) is 19.8 Å². The lowest BCUT2D eigenvalue weighted by Crippen LogP contribution is -2.00. The molecule has 0 aliphatic heterocycles. The van der Waals surface area contributed by atoms with E-state index >= 15 is 0 Å². The topological polar surface area (TPSA) is 4.93 Å². The molecule has 0 amide bonds. The molecule has 0 bridgehead atoms. The lowest BCUT2D eigenvalue weighted by molar-refractivity contribution is 0.967. The molecule has 2 aromatic carbocycles. The van der Waals surface area contributed by atoms with Gasteiger partial charge in [0.2, 0.25) is 0 Å². The lowest BCUT2D eigenvalue weighted by Gasteiger charge is -2.12. The minimum absolute atomic E-state index is 1.14. The van der Waals surface area contributed by atoms with E-state index in [4.69, 9.17) is 0 Å². The van der Waals surface area contributed by atoms with Crippen molar-refractivity contribution < 1.29 is 0 Å². The van der Waals surface area contributed by atoms with Gasteiger partial charge in [0.25, 0.3) is 0 Å². The highest BCUT2D eigenvalue weighted by molar-refractivity contribution is 5.90. The first-order valence-electron chi connectivity index (χ1n) is 7.20. The van der Waals surface area contributed by atoms with E-state index in [2.05, 4.69) is 72.2 Å². The second-order valence-electron chi connectivity index (χ2n) is 5.49. The van der Waals surface area contributed by atoms with E-state index in [1.54, 1.807) is 0 Å². The van der Waals surface area contributed by atoms with Crippen LogP contribution in [0.2, 0.25) is 0 Å². The number of nitrogens with zero attached hydrogens (tertiary/aromatic N) is 1. The van der Waals surface area contributed by atoms with E-state index in [-0.39, 0.29) is 0 Å². The first kappa shape index (κ1) is 11.5. The highest BCUT2D eigenvalue weighted by Gasteiger charge is 2.17. The molecule has 98 valence electrons. The van der Waals surface area contributed by atoms with Gasteiger partial charge in [-0.3, -0.25) is 0 Å². The number of rotatable bonds is 1. The maximum Gasteiger partial charge on any atom is 0.0537 e. The number of allylic oxidation sites excluding steroid dienone is 1. The van der Waals surface area contributed by atoms with Crippen molar-refractivity contribution >= 4 is 17.0 Å². The first-order valence-corrected chi connectivity index (χ1v) is 7.20. The van der Waals surface area contributed by atoms with Gasteiger partial charge in [-0.1, -0.05) is 42.0 Å². The van der Waals surface area contributed by atoms with Crippen LogP contribution in [0.15, 0.2) is 54.6 Å². The summed E-state index contributed by atoms with van der Waals surface area (Å²) >= 11 is 0. The summed E-state index contributed by atoms with van der Waals surface area (Å²) in [6.07, 6.45) is 6.85. The van der Waals surface area contributed by atoms with Gasteiger partial charge in [0, 0.05) is 16.8 Å². The molecular formula is C19H17N. The molecular weight excluding hydrogens is 242 g/mol. The van der Waals surface area contributed by atoms with Gasteiger partial charge in [-0.15, -0.1) is 0 Å². The number of benzene rings is 2. The first-order chi connectivity index (χ1) is 9.84. The average Bonchev–Trinajstić information content (AvgIpc) is 2.83. The number of fused-ring (bicyclic) bond motifs is 3. The van der Waals surface area contributed by atoms with Crippen LogP contribution >= 0.6 is 0 Å². The number of para-hydroxylation sites is 1. The molecule has 0 saturated heterocycles. The molecule has 0 fully saturated rings. The zero-order valence-corrected chi connectivity index (χ0v) is 11.6. The summed E-state index contributed by atoms with van der Waals surface area (Å²) in [6, 6.07) is 17.5. The third kappa shape index (κ3) is 1.63. The van der Waals surface area contributed by atoms with Crippen LogP contribution in [0.4, 0.5) is 0 Å². The summed E-state index contributed by atoms with van der Waals surface area (Å²) in [5.74, 6) is 0. The Morgan fingerprint density at radius 3 is 2.60 bits per heavy atom. The summed E-state index contributed by atoms with van der Waals surface area (Å²) in [5.41, 5.74) is 6.70. The predicted octanol–water partition coefficient (Wildman–Crippen LogP) is 4.90. The minimum Gasteiger partial charge on any atom is -0.310 e. The molecule has 1 aliphatic carbocycles. The van der Waals surface area contributed by atoms with Crippen molar-refractivity contribution in [3.8, 4) is 5.69 Å². The maximum atomic E-state index is 2.39. The normalized spacial score (nSPS) is 13.7. The standard InChI is InChI=1S/C19H17N/c1-14-10-12-15(13-11-14)20-18-8-4-2-6-16(18)17-7-3-5-9-19(17)20/h2,4-6,8-13H,3,7H2,1H3. The molecule has 1 nitrogen and oxygen atoms in total. The molecule has 0 unspecified atom stereocenters. The highest BCUT2D eigenvalue weighted by Crippen LogP contribution is 2.33. The molecule has 3 aromatic rings. The van der Waals surface area contributed by atoms with E-state index in [0.717, 1.165) is 12.8 Å². The van der Waals surface area contributed by atoms with Gasteiger partial charge in [-0.05, 0) is 49.6 Å². The third-order valence-electron chi connectivity index (χ3n) is 4.15. The molecule has 1 aromatic heterocycles. The van der Waals surface area contributed by atoms with Gasteiger partial charge in [0.05, 0.1) is 5.52 Å². The number of hydrogen-bond donors (Lipinski definition) is 0. The molecule has 0 N–H and O–H groups in total. The Kier molecular flexibility index (Phi) is 2.53. The van der Waals surface area contributed by atoms with Crippen LogP contribution in [-0.2, 0) is 6.42 Å².